The van der Waals surface area contributed by atoms with Gasteiger partial charge in [-0.2, -0.15) is 0 Å². The maximum Gasteiger partial charge on any atom is 0.278 e. The Bertz CT molecular complexity index is 885. The molecule has 0 unspecified atom stereocenters. The van der Waals surface area contributed by atoms with Crippen molar-refractivity contribution in [2.75, 3.05) is 25.6 Å². The summed E-state index contributed by atoms with van der Waals surface area (Å²) in [5.74, 6) is -0.564. The van der Waals surface area contributed by atoms with Crippen LogP contribution < -0.4 is 5.32 Å². The van der Waals surface area contributed by atoms with Gasteiger partial charge >= 0.3 is 0 Å². The zero-order valence-electron chi connectivity index (χ0n) is 15.9. The van der Waals surface area contributed by atoms with E-state index in [-0.39, 0.29) is 11.8 Å². The first-order chi connectivity index (χ1) is 13.0. The Morgan fingerprint density at radius 3 is 2.33 bits per heavy atom. The van der Waals surface area contributed by atoms with Gasteiger partial charge in [-0.3, -0.25) is 14.5 Å². The van der Waals surface area contributed by atoms with Crippen LogP contribution in [-0.4, -0.2) is 37.0 Å². The number of benzene rings is 2. The first-order valence-electron chi connectivity index (χ1n) is 9.02. The fraction of sp³-hybridized carbons (Fsp3) is 0.273. The van der Waals surface area contributed by atoms with E-state index in [9.17, 15) is 9.59 Å². The van der Waals surface area contributed by atoms with Gasteiger partial charge in [-0.1, -0.05) is 48.0 Å². The molecule has 0 bridgehead atoms. The summed E-state index contributed by atoms with van der Waals surface area (Å²) in [7, 11) is 1.61. The van der Waals surface area contributed by atoms with Gasteiger partial charge in [-0.25, -0.2) is 0 Å². The second kappa shape index (κ2) is 8.18. The highest BCUT2D eigenvalue weighted by Gasteiger charge is 2.38. The van der Waals surface area contributed by atoms with Crippen molar-refractivity contribution in [3.05, 3.63) is 70.9 Å². The Labute approximate surface area is 159 Å². The van der Waals surface area contributed by atoms with Gasteiger partial charge in [0.15, 0.2) is 0 Å². The normalized spacial score (nSPS) is 14.3. The molecule has 5 heteroatoms. The molecule has 0 spiro atoms. The number of aryl methyl sites for hydroxylation is 2. The number of hydrogen-bond acceptors (Lipinski definition) is 4. The van der Waals surface area contributed by atoms with E-state index in [1.54, 1.807) is 7.11 Å². The molecule has 2 amide bonds. The Morgan fingerprint density at radius 2 is 1.67 bits per heavy atom. The highest BCUT2D eigenvalue weighted by molar-refractivity contribution is 6.36. The third-order valence-corrected chi connectivity index (χ3v) is 4.64. The van der Waals surface area contributed by atoms with E-state index in [1.807, 2.05) is 62.4 Å². The number of carbonyl (C=O) groups excluding carboxylic acids is 2. The van der Waals surface area contributed by atoms with E-state index in [0.29, 0.717) is 30.8 Å². The van der Waals surface area contributed by atoms with Crippen molar-refractivity contribution in [1.29, 1.82) is 0 Å². The fourth-order valence-electron chi connectivity index (χ4n) is 3.10. The van der Waals surface area contributed by atoms with E-state index >= 15 is 0 Å². The number of carbonyl (C=O) groups is 2. The summed E-state index contributed by atoms with van der Waals surface area (Å²) in [6, 6.07) is 15.4. The number of methoxy groups -OCH3 is 1. The van der Waals surface area contributed by atoms with E-state index in [4.69, 9.17) is 4.74 Å². The van der Waals surface area contributed by atoms with Crippen LogP contribution in [0.2, 0.25) is 0 Å². The molecule has 2 aromatic carbocycles. The summed E-state index contributed by atoms with van der Waals surface area (Å²) in [6.45, 7) is 4.78. The van der Waals surface area contributed by atoms with Crippen molar-refractivity contribution in [1.82, 2.24) is 4.90 Å². The number of nitrogens with zero attached hydrogens (tertiary/aromatic N) is 1. The smallest absolute Gasteiger partial charge is 0.278 e. The topological polar surface area (TPSA) is 58.6 Å². The molecule has 0 aromatic heterocycles. The van der Waals surface area contributed by atoms with E-state index in [0.717, 1.165) is 22.4 Å². The molecule has 5 nitrogen and oxygen atoms in total. The molecular formula is C22H24N2O3. The van der Waals surface area contributed by atoms with Crippen LogP contribution in [0.5, 0.6) is 0 Å². The minimum Gasteiger partial charge on any atom is -0.385 e. The second-order valence-electron chi connectivity index (χ2n) is 6.66. The van der Waals surface area contributed by atoms with Crippen LogP contribution in [0.15, 0.2) is 54.2 Å². The Hall–Kier alpha value is -2.92. The first-order valence-corrected chi connectivity index (χ1v) is 9.02. The van der Waals surface area contributed by atoms with Gasteiger partial charge in [0.25, 0.3) is 11.8 Å². The predicted molar refractivity (Wildman–Crippen MR) is 106 cm³/mol. The summed E-state index contributed by atoms with van der Waals surface area (Å²) in [6.07, 6.45) is 0.604. The van der Waals surface area contributed by atoms with Gasteiger partial charge in [0.05, 0.1) is 5.57 Å². The van der Waals surface area contributed by atoms with Crippen LogP contribution in [0, 0.1) is 13.8 Å². The standard InChI is InChI=1S/C22H24N2O3/c1-15-9-11-17(12-10-15)19-20(23-18-8-5-4-7-16(18)2)22(26)24(21(19)25)13-6-14-27-3/h4-5,7-12,23H,6,13-14H2,1-3H3. The summed E-state index contributed by atoms with van der Waals surface area (Å²) in [4.78, 5) is 27.4. The van der Waals surface area contributed by atoms with Crippen LogP contribution in [-0.2, 0) is 14.3 Å². The number of imide groups is 1. The van der Waals surface area contributed by atoms with Gasteiger partial charge in [-0.05, 0) is 37.5 Å². The number of anilines is 1. The third kappa shape index (κ3) is 3.93. The number of amides is 2. The lowest BCUT2D eigenvalue weighted by Crippen LogP contribution is -2.33. The van der Waals surface area contributed by atoms with Gasteiger partial charge in [0.2, 0.25) is 0 Å². The summed E-state index contributed by atoms with van der Waals surface area (Å²) < 4.78 is 5.06. The van der Waals surface area contributed by atoms with Gasteiger partial charge in [0, 0.05) is 25.9 Å². The average Bonchev–Trinajstić information content (AvgIpc) is 2.89. The number of hydrogen-bond donors (Lipinski definition) is 1. The van der Waals surface area contributed by atoms with Crippen molar-refractivity contribution in [2.45, 2.75) is 20.3 Å². The molecule has 3 rings (SSSR count). The number of para-hydroxylation sites is 1. The number of ether oxygens (including phenoxy) is 1. The lowest BCUT2D eigenvalue weighted by atomic mass is 10.0. The largest absolute Gasteiger partial charge is 0.385 e. The molecular weight excluding hydrogens is 340 g/mol. The van der Waals surface area contributed by atoms with Crippen LogP contribution in [0.25, 0.3) is 5.57 Å². The van der Waals surface area contributed by atoms with Crippen LogP contribution in [0.3, 0.4) is 0 Å². The molecule has 0 radical (unpaired) electrons. The molecule has 1 N–H and O–H groups in total. The highest BCUT2D eigenvalue weighted by Crippen LogP contribution is 2.31. The Kier molecular flexibility index (Phi) is 5.72. The molecule has 0 fully saturated rings. The Morgan fingerprint density at radius 1 is 0.963 bits per heavy atom. The lowest BCUT2D eigenvalue weighted by molar-refractivity contribution is -0.136. The molecule has 1 aliphatic heterocycles. The molecule has 27 heavy (non-hydrogen) atoms. The van der Waals surface area contributed by atoms with Gasteiger partial charge in [0.1, 0.15) is 5.70 Å². The second-order valence-corrected chi connectivity index (χ2v) is 6.66. The van der Waals surface area contributed by atoms with Gasteiger partial charge < -0.3 is 10.1 Å². The van der Waals surface area contributed by atoms with Crippen LogP contribution in [0.1, 0.15) is 23.1 Å². The van der Waals surface area contributed by atoms with Crippen molar-refractivity contribution in [3.8, 4) is 0 Å². The minimum absolute atomic E-state index is 0.268. The zero-order valence-corrected chi connectivity index (χ0v) is 15.9. The van der Waals surface area contributed by atoms with Gasteiger partial charge in [-0.15, -0.1) is 0 Å². The van der Waals surface area contributed by atoms with Crippen molar-refractivity contribution in [2.24, 2.45) is 0 Å². The van der Waals surface area contributed by atoms with E-state index in [2.05, 4.69) is 5.32 Å². The molecule has 140 valence electrons. The number of rotatable bonds is 7. The molecule has 0 aliphatic carbocycles. The predicted octanol–water partition coefficient (Wildman–Crippen LogP) is 3.53. The van der Waals surface area contributed by atoms with Crippen molar-refractivity contribution < 1.29 is 14.3 Å². The van der Waals surface area contributed by atoms with Crippen molar-refractivity contribution in [3.63, 3.8) is 0 Å². The summed E-state index contributed by atoms with van der Waals surface area (Å²) in [5.41, 5.74) is 4.41. The fourth-order valence-corrected chi connectivity index (χ4v) is 3.10. The number of nitrogens with one attached hydrogen (secondary N) is 1. The third-order valence-electron chi connectivity index (χ3n) is 4.64. The first kappa shape index (κ1) is 18.9. The van der Waals surface area contributed by atoms with E-state index in [1.165, 1.54) is 4.90 Å². The minimum atomic E-state index is -0.296. The molecule has 0 saturated heterocycles. The van der Waals surface area contributed by atoms with Crippen molar-refractivity contribution >= 4 is 23.1 Å². The van der Waals surface area contributed by atoms with Crippen LogP contribution in [0.4, 0.5) is 5.69 Å². The Balaban J connectivity index is 2.00. The summed E-state index contributed by atoms with van der Waals surface area (Å²) in [5, 5.41) is 3.21. The quantitative estimate of drug-likeness (QED) is 0.603. The van der Waals surface area contributed by atoms with E-state index < -0.39 is 0 Å². The van der Waals surface area contributed by atoms with Crippen LogP contribution >= 0.6 is 0 Å². The lowest BCUT2D eigenvalue weighted by Gasteiger charge is -2.15. The highest BCUT2D eigenvalue weighted by atomic mass is 16.5. The maximum absolute atomic E-state index is 13.0. The molecule has 0 saturated carbocycles. The molecule has 1 heterocycles. The SMILES string of the molecule is COCCCN1C(=O)C(Nc2ccccc2C)=C(c2ccc(C)cc2)C1=O. The average molecular weight is 364 g/mol. The molecule has 0 atom stereocenters. The zero-order chi connectivity index (χ0) is 19.4. The monoisotopic (exact) mass is 364 g/mol. The summed E-state index contributed by atoms with van der Waals surface area (Å²) >= 11 is 0. The molecule has 2 aromatic rings. The maximum atomic E-state index is 13.0. The molecule has 1 aliphatic rings.